The van der Waals surface area contributed by atoms with Gasteiger partial charge in [-0.1, -0.05) is 78.5 Å². The van der Waals surface area contributed by atoms with Crippen LogP contribution in [0, 0.1) is 0 Å². The van der Waals surface area contributed by atoms with Crippen LogP contribution in [-0.4, -0.2) is 11.4 Å². The monoisotopic (exact) mass is 425 g/mol. The third-order valence-electron chi connectivity index (χ3n) is 4.69. The fourth-order valence-electron chi connectivity index (χ4n) is 3.06. The first-order chi connectivity index (χ1) is 15.3. The van der Waals surface area contributed by atoms with Crippen molar-refractivity contribution in [2.24, 2.45) is 15.9 Å². The summed E-state index contributed by atoms with van der Waals surface area (Å²) in [6.45, 7) is 0.526. The molecule has 0 saturated heterocycles. The summed E-state index contributed by atoms with van der Waals surface area (Å²) in [5, 5.41) is 11.0. The Morgan fingerprint density at radius 3 is 2.35 bits per heavy atom. The van der Waals surface area contributed by atoms with Crippen molar-refractivity contribution in [1.29, 1.82) is 0 Å². The number of hydrogen-bond donors (Lipinski definition) is 1. The summed E-state index contributed by atoms with van der Waals surface area (Å²) in [7, 11) is 0. The zero-order chi connectivity index (χ0) is 21.3. The van der Waals surface area contributed by atoms with Crippen molar-refractivity contribution in [3.8, 4) is 5.75 Å². The second-order valence-electron chi connectivity index (χ2n) is 7.00. The fourth-order valence-corrected chi connectivity index (χ4v) is 3.67. The average Bonchev–Trinajstić information content (AvgIpc) is 2.83. The van der Waals surface area contributed by atoms with Crippen LogP contribution in [0.5, 0.6) is 5.75 Å². The lowest BCUT2D eigenvalue weighted by atomic mass is 10.1. The Morgan fingerprint density at radius 1 is 0.806 bits per heavy atom. The van der Waals surface area contributed by atoms with Crippen molar-refractivity contribution in [2.75, 3.05) is 0 Å². The summed E-state index contributed by atoms with van der Waals surface area (Å²) in [5.74, 6) is 1.58. The van der Waals surface area contributed by atoms with Crippen molar-refractivity contribution < 1.29 is 4.74 Å². The van der Waals surface area contributed by atoms with Crippen LogP contribution in [0.3, 0.4) is 0 Å². The highest BCUT2D eigenvalue weighted by Gasteiger charge is 1.99. The molecule has 0 spiro atoms. The lowest BCUT2D eigenvalue weighted by molar-refractivity contribution is 0.306. The molecule has 0 unspecified atom stereocenters. The van der Waals surface area contributed by atoms with Crippen LogP contribution in [0.4, 0.5) is 0 Å². The van der Waals surface area contributed by atoms with Gasteiger partial charge in [-0.05, 0) is 57.8 Å². The van der Waals surface area contributed by atoms with Crippen molar-refractivity contribution in [2.45, 2.75) is 12.4 Å². The van der Waals surface area contributed by atoms with E-state index in [2.05, 4.69) is 52.7 Å². The second kappa shape index (κ2) is 10.5. The summed E-state index contributed by atoms with van der Waals surface area (Å²) >= 11 is 1.47. The Labute approximate surface area is 186 Å². The Balaban J connectivity index is 1.28. The van der Waals surface area contributed by atoms with E-state index in [0.717, 1.165) is 22.6 Å². The number of thioether (sulfide) groups is 1. The van der Waals surface area contributed by atoms with Crippen LogP contribution in [0.15, 0.2) is 107 Å². The Kier molecular flexibility index (Phi) is 6.98. The van der Waals surface area contributed by atoms with Gasteiger partial charge in [0, 0.05) is 5.75 Å². The molecule has 0 bridgehead atoms. The largest absolute Gasteiger partial charge is 0.489 e. The van der Waals surface area contributed by atoms with Crippen molar-refractivity contribution in [3.63, 3.8) is 0 Å². The average molecular weight is 426 g/mol. The molecule has 0 aromatic heterocycles. The molecule has 4 aromatic rings. The molecule has 4 nitrogen and oxygen atoms in total. The molecule has 4 aromatic carbocycles. The number of rotatable bonds is 7. The van der Waals surface area contributed by atoms with Gasteiger partial charge in [0.25, 0.3) is 0 Å². The van der Waals surface area contributed by atoms with Gasteiger partial charge >= 0.3 is 0 Å². The maximum absolute atomic E-state index is 5.92. The molecule has 0 radical (unpaired) electrons. The van der Waals surface area contributed by atoms with Gasteiger partial charge in [-0.3, -0.25) is 0 Å². The number of fused-ring (bicyclic) bond motifs is 1. The summed E-state index contributed by atoms with van der Waals surface area (Å²) < 4.78 is 5.92. The minimum absolute atomic E-state index is 0.440. The number of nitrogens with two attached hydrogens (primary N) is 1. The van der Waals surface area contributed by atoms with Crippen LogP contribution in [-0.2, 0) is 12.4 Å². The molecule has 0 fully saturated rings. The smallest absolute Gasteiger partial charge is 0.180 e. The maximum Gasteiger partial charge on any atom is 0.180 e. The topological polar surface area (TPSA) is 60.0 Å². The van der Waals surface area contributed by atoms with Gasteiger partial charge < -0.3 is 10.5 Å². The van der Waals surface area contributed by atoms with Gasteiger partial charge in [-0.25, -0.2) is 0 Å². The quantitative estimate of drug-likeness (QED) is 0.224. The third kappa shape index (κ3) is 6.20. The van der Waals surface area contributed by atoms with E-state index in [-0.39, 0.29) is 0 Å². The molecule has 0 aliphatic carbocycles. The van der Waals surface area contributed by atoms with Crippen LogP contribution < -0.4 is 10.5 Å². The minimum atomic E-state index is 0.440. The van der Waals surface area contributed by atoms with E-state index < -0.39 is 0 Å². The van der Waals surface area contributed by atoms with Gasteiger partial charge in [0.05, 0.1) is 6.21 Å². The fraction of sp³-hybridized carbons (Fsp3) is 0.0769. The SMILES string of the molecule is NC(=NN=Cc1ccc(OCc2ccc3ccccc3c2)cc1)SCc1ccccc1. The number of hydrogen-bond acceptors (Lipinski definition) is 4. The molecule has 0 saturated carbocycles. The Hall–Kier alpha value is -3.57. The molecule has 5 heteroatoms. The third-order valence-corrected chi connectivity index (χ3v) is 5.55. The molecule has 0 aliphatic rings. The van der Waals surface area contributed by atoms with E-state index in [1.54, 1.807) is 6.21 Å². The first-order valence-electron chi connectivity index (χ1n) is 10.00. The maximum atomic E-state index is 5.92. The summed E-state index contributed by atoms with van der Waals surface area (Å²) in [6.07, 6.45) is 1.68. The zero-order valence-electron chi connectivity index (χ0n) is 17.0. The van der Waals surface area contributed by atoms with Crippen LogP contribution in [0.1, 0.15) is 16.7 Å². The first kappa shape index (κ1) is 20.7. The van der Waals surface area contributed by atoms with E-state index in [4.69, 9.17) is 10.5 Å². The van der Waals surface area contributed by atoms with Crippen molar-refractivity contribution in [3.05, 3.63) is 114 Å². The molecular weight excluding hydrogens is 402 g/mol. The molecule has 0 amide bonds. The predicted octanol–water partition coefficient (Wildman–Crippen LogP) is 6.00. The molecule has 31 heavy (non-hydrogen) atoms. The summed E-state index contributed by atoms with van der Waals surface area (Å²) in [4.78, 5) is 0. The number of amidine groups is 1. The lowest BCUT2D eigenvalue weighted by Gasteiger charge is -2.07. The highest BCUT2D eigenvalue weighted by atomic mass is 32.2. The van der Waals surface area contributed by atoms with Gasteiger partial charge in [-0.2, -0.15) is 5.10 Å². The van der Waals surface area contributed by atoms with Crippen LogP contribution in [0.2, 0.25) is 0 Å². The predicted molar refractivity (Wildman–Crippen MR) is 132 cm³/mol. The molecule has 0 heterocycles. The van der Waals surface area contributed by atoms with Gasteiger partial charge in [0.1, 0.15) is 12.4 Å². The molecule has 2 N–H and O–H groups in total. The Morgan fingerprint density at radius 2 is 1.55 bits per heavy atom. The highest BCUT2D eigenvalue weighted by molar-refractivity contribution is 8.13. The Bertz CT molecular complexity index is 1190. The van der Waals surface area contributed by atoms with E-state index in [9.17, 15) is 0 Å². The highest BCUT2D eigenvalue weighted by Crippen LogP contribution is 2.18. The van der Waals surface area contributed by atoms with E-state index in [0.29, 0.717) is 11.8 Å². The summed E-state index contributed by atoms with van der Waals surface area (Å²) in [6, 6.07) is 32.6. The number of benzene rings is 4. The minimum Gasteiger partial charge on any atom is -0.489 e. The first-order valence-corrected chi connectivity index (χ1v) is 11.0. The van der Waals surface area contributed by atoms with Crippen molar-refractivity contribution >= 4 is 33.9 Å². The molecule has 154 valence electrons. The molecule has 0 aliphatic heterocycles. The van der Waals surface area contributed by atoms with Gasteiger partial charge in [0.15, 0.2) is 5.17 Å². The zero-order valence-corrected chi connectivity index (χ0v) is 17.8. The number of ether oxygens (including phenoxy) is 1. The lowest BCUT2D eigenvalue weighted by Crippen LogP contribution is -2.05. The number of nitrogens with zero attached hydrogens (tertiary/aromatic N) is 2. The molecule has 0 atom stereocenters. The normalized spacial score (nSPS) is 11.8. The van der Waals surface area contributed by atoms with Crippen LogP contribution >= 0.6 is 11.8 Å². The second-order valence-corrected chi connectivity index (χ2v) is 7.99. The standard InChI is InChI=1S/C26H23N3OS/c27-26(31-19-21-6-2-1-3-7-21)29-28-17-20-11-14-25(15-12-20)30-18-22-10-13-23-8-4-5-9-24(23)16-22/h1-17H,18-19H2,(H2,27,29). The van der Waals surface area contributed by atoms with E-state index in [1.165, 1.54) is 28.1 Å². The van der Waals surface area contributed by atoms with E-state index in [1.807, 2.05) is 54.6 Å². The van der Waals surface area contributed by atoms with Crippen molar-refractivity contribution in [1.82, 2.24) is 0 Å². The van der Waals surface area contributed by atoms with Gasteiger partial charge in [-0.15, -0.1) is 5.10 Å². The van der Waals surface area contributed by atoms with Gasteiger partial charge in [0.2, 0.25) is 0 Å². The van der Waals surface area contributed by atoms with Crippen LogP contribution in [0.25, 0.3) is 10.8 Å². The molecular formula is C26H23N3OS. The van der Waals surface area contributed by atoms with E-state index >= 15 is 0 Å². The summed E-state index contributed by atoms with van der Waals surface area (Å²) in [5.41, 5.74) is 9.20. The molecule has 4 rings (SSSR count).